The minimum absolute atomic E-state index is 0.0813. The molecule has 172 valence electrons. The Kier molecular flexibility index (Phi) is 7.16. The summed E-state index contributed by atoms with van der Waals surface area (Å²) in [6, 6.07) is 12.7. The van der Waals surface area contributed by atoms with Crippen LogP contribution in [0.1, 0.15) is 41.8 Å². The zero-order valence-corrected chi connectivity index (χ0v) is 19.6. The maximum absolute atomic E-state index is 12.4. The molecular weight excluding hydrogens is 438 g/mol. The zero-order valence-electron chi connectivity index (χ0n) is 18.9. The lowest BCUT2D eigenvalue weighted by Gasteiger charge is -2.18. The topological polar surface area (TPSA) is 70.7 Å². The molecule has 0 spiro atoms. The number of nitrogens with zero attached hydrogens (tertiary/aromatic N) is 1. The van der Waals surface area contributed by atoms with Crippen molar-refractivity contribution in [2.45, 2.75) is 26.4 Å². The molecule has 2 aromatic rings. The maximum atomic E-state index is 12.4. The predicted octanol–water partition coefficient (Wildman–Crippen LogP) is 4.58. The second-order valence-corrected chi connectivity index (χ2v) is 8.48. The summed E-state index contributed by atoms with van der Waals surface area (Å²) in [5.74, 6) is 0.512. The Hall–Kier alpha value is -3.09. The molecule has 2 aliphatic rings. The third-order valence-electron chi connectivity index (χ3n) is 5.97. The van der Waals surface area contributed by atoms with Gasteiger partial charge >= 0.3 is 0 Å². The highest BCUT2D eigenvalue weighted by atomic mass is 35.5. The van der Waals surface area contributed by atoms with Crippen LogP contribution in [0.2, 0.25) is 5.02 Å². The summed E-state index contributed by atoms with van der Waals surface area (Å²) in [6.07, 6.45) is 4.27. The predicted molar refractivity (Wildman–Crippen MR) is 132 cm³/mol. The Morgan fingerprint density at radius 3 is 2.70 bits per heavy atom. The van der Waals surface area contributed by atoms with Gasteiger partial charge in [0.05, 0.1) is 0 Å². The summed E-state index contributed by atoms with van der Waals surface area (Å²) in [5, 5.41) is 6.41. The number of ether oxygens (including phenoxy) is 1. The van der Waals surface area contributed by atoms with Gasteiger partial charge in [0, 0.05) is 52.5 Å². The van der Waals surface area contributed by atoms with Crippen LogP contribution < -0.4 is 10.6 Å². The van der Waals surface area contributed by atoms with Gasteiger partial charge in [0.1, 0.15) is 11.9 Å². The van der Waals surface area contributed by atoms with E-state index in [0.29, 0.717) is 29.1 Å². The van der Waals surface area contributed by atoms with E-state index in [0.717, 1.165) is 42.2 Å². The number of carbonyl (C=O) groups excluding carboxylic acids is 2. The van der Waals surface area contributed by atoms with Gasteiger partial charge in [-0.25, -0.2) is 0 Å². The quantitative estimate of drug-likeness (QED) is 0.560. The van der Waals surface area contributed by atoms with Crippen molar-refractivity contribution in [3.05, 3.63) is 76.3 Å². The van der Waals surface area contributed by atoms with Gasteiger partial charge in [0.25, 0.3) is 11.8 Å². The van der Waals surface area contributed by atoms with Gasteiger partial charge in [0.15, 0.2) is 0 Å². The zero-order chi connectivity index (χ0) is 23.4. The molecule has 0 aromatic heterocycles. The molecule has 0 aliphatic carbocycles. The van der Waals surface area contributed by atoms with Crippen LogP contribution in [0, 0.1) is 0 Å². The van der Waals surface area contributed by atoms with Crippen molar-refractivity contribution in [2.24, 2.45) is 0 Å². The number of hydrogen-bond donors (Lipinski definition) is 2. The van der Waals surface area contributed by atoms with Crippen LogP contribution in [0.5, 0.6) is 0 Å². The van der Waals surface area contributed by atoms with E-state index in [9.17, 15) is 9.59 Å². The fraction of sp³-hybridized carbons (Fsp3) is 0.308. The van der Waals surface area contributed by atoms with Crippen LogP contribution in [-0.4, -0.2) is 49.0 Å². The molecule has 2 N–H and O–H groups in total. The molecule has 1 unspecified atom stereocenters. The fourth-order valence-electron chi connectivity index (χ4n) is 4.04. The van der Waals surface area contributed by atoms with Crippen LogP contribution in [-0.2, 0) is 9.53 Å². The first-order valence-corrected chi connectivity index (χ1v) is 11.7. The molecule has 2 aromatic carbocycles. The Morgan fingerprint density at radius 2 is 1.97 bits per heavy atom. The monoisotopic (exact) mass is 465 g/mol. The molecule has 4 rings (SSSR count). The lowest BCUT2D eigenvalue weighted by Crippen LogP contribution is -2.34. The average molecular weight is 466 g/mol. The van der Waals surface area contributed by atoms with E-state index in [1.165, 1.54) is 0 Å². The minimum atomic E-state index is -0.242. The first-order valence-electron chi connectivity index (χ1n) is 11.3. The van der Waals surface area contributed by atoms with Crippen molar-refractivity contribution in [1.82, 2.24) is 10.2 Å². The molecule has 0 radical (unpaired) electrons. The number of nitrogens with one attached hydrogen (secondary N) is 2. The van der Waals surface area contributed by atoms with Gasteiger partial charge in [-0.15, -0.1) is 0 Å². The number of amides is 2. The highest BCUT2D eigenvalue weighted by molar-refractivity contribution is 6.34. The highest BCUT2D eigenvalue weighted by Gasteiger charge is 2.27. The van der Waals surface area contributed by atoms with Crippen molar-refractivity contribution in [3.8, 4) is 0 Å². The maximum Gasteiger partial charge on any atom is 0.256 e. The smallest absolute Gasteiger partial charge is 0.256 e. The van der Waals surface area contributed by atoms with Crippen molar-refractivity contribution in [3.63, 3.8) is 0 Å². The van der Waals surface area contributed by atoms with Crippen LogP contribution in [0.4, 0.5) is 5.69 Å². The average Bonchev–Trinajstić information content (AvgIpc) is 3.41. The molecule has 7 heteroatoms. The van der Waals surface area contributed by atoms with E-state index in [2.05, 4.69) is 29.4 Å². The van der Waals surface area contributed by atoms with Gasteiger partial charge in [-0.1, -0.05) is 37.6 Å². The Morgan fingerprint density at radius 1 is 1.21 bits per heavy atom. The number of anilines is 1. The number of rotatable bonds is 8. The van der Waals surface area contributed by atoms with Crippen LogP contribution in [0.15, 0.2) is 54.6 Å². The van der Waals surface area contributed by atoms with Gasteiger partial charge in [-0.2, -0.15) is 0 Å². The van der Waals surface area contributed by atoms with E-state index in [1.54, 1.807) is 30.3 Å². The summed E-state index contributed by atoms with van der Waals surface area (Å²) in [4.78, 5) is 27.1. The third-order valence-corrected chi connectivity index (χ3v) is 6.21. The lowest BCUT2D eigenvalue weighted by molar-refractivity contribution is -0.110. The van der Waals surface area contributed by atoms with E-state index in [4.69, 9.17) is 16.3 Å². The van der Waals surface area contributed by atoms with Crippen LogP contribution in [0.3, 0.4) is 0 Å². The molecule has 0 bridgehead atoms. The number of hydrogen-bond acceptors (Lipinski definition) is 4. The van der Waals surface area contributed by atoms with Crippen molar-refractivity contribution < 1.29 is 14.3 Å². The minimum Gasteiger partial charge on any atom is -0.486 e. The Labute approximate surface area is 199 Å². The normalized spacial score (nSPS) is 18.2. The van der Waals surface area contributed by atoms with Crippen LogP contribution >= 0.6 is 11.6 Å². The summed E-state index contributed by atoms with van der Waals surface area (Å²) in [6.45, 7) is 7.62. The molecule has 2 amide bonds. The fourth-order valence-corrected chi connectivity index (χ4v) is 4.21. The number of carbonyl (C=O) groups is 2. The van der Waals surface area contributed by atoms with E-state index >= 15 is 0 Å². The van der Waals surface area contributed by atoms with Gasteiger partial charge < -0.3 is 20.3 Å². The van der Waals surface area contributed by atoms with Crippen molar-refractivity contribution in [1.29, 1.82) is 0 Å². The molecule has 2 aliphatic heterocycles. The molecule has 33 heavy (non-hydrogen) atoms. The van der Waals surface area contributed by atoms with E-state index < -0.39 is 0 Å². The summed E-state index contributed by atoms with van der Waals surface area (Å²) >= 11 is 6.11. The summed E-state index contributed by atoms with van der Waals surface area (Å²) in [7, 11) is 0. The lowest BCUT2D eigenvalue weighted by atomic mass is 10.0. The number of halogens is 1. The third kappa shape index (κ3) is 5.29. The van der Waals surface area contributed by atoms with Crippen molar-refractivity contribution in [2.75, 3.05) is 31.5 Å². The number of benzene rings is 2. The molecule has 2 heterocycles. The first kappa shape index (κ1) is 23.1. The highest BCUT2D eigenvalue weighted by Crippen LogP contribution is 2.36. The molecule has 6 nitrogen and oxygen atoms in total. The van der Waals surface area contributed by atoms with Gasteiger partial charge in [0.2, 0.25) is 0 Å². The van der Waals surface area contributed by atoms with Crippen molar-refractivity contribution >= 4 is 40.4 Å². The largest absolute Gasteiger partial charge is 0.486 e. The molecule has 0 saturated carbocycles. The van der Waals surface area contributed by atoms with Crippen LogP contribution in [0.25, 0.3) is 11.3 Å². The second kappa shape index (κ2) is 10.2. The van der Waals surface area contributed by atoms with Gasteiger partial charge in [-0.3, -0.25) is 9.59 Å². The second-order valence-electron chi connectivity index (χ2n) is 8.04. The molecular formula is C26H28ClN3O3. The SMILES string of the molecule is CCN(CC)CCNC(=O)c1ccc(C2=CCC(/C=C3/C(=O)Nc4ccc(Cl)cc43)O2)cc1. The Balaban J connectivity index is 1.36. The number of likely N-dealkylation sites (N-methyl/N-ethyl adjacent to an activating group) is 1. The van der Waals surface area contributed by atoms with Gasteiger partial charge in [-0.05, 0) is 55.6 Å². The number of fused-ring (bicyclic) bond motifs is 1. The molecule has 0 saturated heterocycles. The standard InChI is InChI=1S/C26H28ClN3O3/c1-3-30(4-2)14-13-28-25(31)18-7-5-17(6-8-18)24-12-10-20(33-24)16-22-21-15-19(27)9-11-23(21)29-26(22)32/h5-9,11-12,15-16,20H,3-4,10,13-14H2,1-2H3,(H,28,31)(H,29,32)/b22-16+. The Bertz CT molecular complexity index is 1100. The van der Waals surface area contributed by atoms with E-state index in [1.807, 2.05) is 24.3 Å². The molecule has 1 atom stereocenters. The van der Waals surface area contributed by atoms with E-state index in [-0.39, 0.29) is 17.9 Å². The molecule has 0 fully saturated rings. The summed E-state index contributed by atoms with van der Waals surface area (Å²) in [5.41, 5.74) is 3.64. The summed E-state index contributed by atoms with van der Waals surface area (Å²) < 4.78 is 6.08. The first-order chi connectivity index (χ1) is 16.0.